The summed E-state index contributed by atoms with van der Waals surface area (Å²) >= 11 is 0. The summed E-state index contributed by atoms with van der Waals surface area (Å²) in [5, 5.41) is 6.60. The molecule has 7 heteroatoms. The molecule has 0 aromatic carbocycles. The lowest BCUT2D eigenvalue weighted by molar-refractivity contribution is -0.120. The Labute approximate surface area is 149 Å². The first-order valence-electron chi connectivity index (χ1n) is 9.26. The number of fused-ring (bicyclic) bond motifs is 1. The van der Waals surface area contributed by atoms with Crippen LogP contribution in [0.15, 0.2) is 18.3 Å². The average molecular weight is 345 g/mol. The highest BCUT2D eigenvalue weighted by Gasteiger charge is 2.36. The highest BCUT2D eigenvalue weighted by molar-refractivity contribution is 6.03. The van der Waals surface area contributed by atoms with Gasteiger partial charge in [-0.1, -0.05) is 19.3 Å². The van der Waals surface area contributed by atoms with E-state index in [9.17, 15) is 9.59 Å². The standard InChI is InChI=1S/C18H27N5O2/c1-3-22-17-15(11-8-12-19-17)21(18(25)23(22)4-2)13-16(24)20-14-9-6-5-7-10-14/h8,11-12,14H,3-7,9-10,13H2,1-2H3,(H,20,24). The third-order valence-electron chi connectivity index (χ3n) is 4.92. The number of nitrogens with one attached hydrogen (secondary N) is 1. The maximum absolute atomic E-state index is 12.9. The maximum Gasteiger partial charge on any atom is 0.343 e. The van der Waals surface area contributed by atoms with Crippen molar-refractivity contribution in [2.75, 3.05) is 29.5 Å². The molecule has 0 unspecified atom stereocenters. The van der Waals surface area contributed by atoms with Crippen LogP contribution in [0.1, 0.15) is 46.0 Å². The van der Waals surface area contributed by atoms with Crippen molar-refractivity contribution in [3.8, 4) is 0 Å². The van der Waals surface area contributed by atoms with Crippen molar-refractivity contribution in [1.29, 1.82) is 0 Å². The van der Waals surface area contributed by atoms with Crippen molar-refractivity contribution in [3.05, 3.63) is 18.3 Å². The highest BCUT2D eigenvalue weighted by atomic mass is 16.2. The summed E-state index contributed by atoms with van der Waals surface area (Å²) in [4.78, 5) is 31.4. The Bertz CT molecular complexity index is 630. The number of hydrogen-bond acceptors (Lipinski definition) is 4. The normalized spacial score (nSPS) is 18.3. The fraction of sp³-hybridized carbons (Fsp3) is 0.611. The predicted molar refractivity (Wildman–Crippen MR) is 97.4 cm³/mol. The molecule has 1 aliphatic heterocycles. The lowest BCUT2D eigenvalue weighted by Gasteiger charge is -2.43. The van der Waals surface area contributed by atoms with Crippen molar-refractivity contribution >= 4 is 23.4 Å². The van der Waals surface area contributed by atoms with Gasteiger partial charge >= 0.3 is 6.03 Å². The molecule has 1 saturated carbocycles. The molecule has 0 spiro atoms. The first-order chi connectivity index (χ1) is 12.2. The molecule has 0 radical (unpaired) electrons. The number of pyridine rings is 1. The van der Waals surface area contributed by atoms with Crippen LogP contribution in [-0.4, -0.2) is 47.6 Å². The maximum atomic E-state index is 12.9. The fourth-order valence-corrected chi connectivity index (χ4v) is 3.70. The van der Waals surface area contributed by atoms with E-state index in [1.54, 1.807) is 17.3 Å². The lowest BCUT2D eigenvalue weighted by Crippen LogP contribution is -2.58. The smallest absolute Gasteiger partial charge is 0.343 e. The molecule has 7 nitrogen and oxygen atoms in total. The minimum Gasteiger partial charge on any atom is -0.352 e. The molecular formula is C18H27N5O2. The third kappa shape index (κ3) is 3.55. The molecule has 136 valence electrons. The average Bonchev–Trinajstić information content (AvgIpc) is 2.64. The van der Waals surface area contributed by atoms with Crippen LogP contribution in [0.3, 0.4) is 0 Å². The summed E-state index contributed by atoms with van der Waals surface area (Å²) in [5.74, 6) is 0.618. The van der Waals surface area contributed by atoms with Crippen molar-refractivity contribution in [3.63, 3.8) is 0 Å². The van der Waals surface area contributed by atoms with Crippen LogP contribution < -0.4 is 15.2 Å². The number of nitrogens with zero attached hydrogens (tertiary/aromatic N) is 4. The van der Waals surface area contributed by atoms with Crippen LogP contribution in [-0.2, 0) is 4.79 Å². The molecule has 0 bridgehead atoms. The summed E-state index contributed by atoms with van der Waals surface area (Å²) in [6, 6.07) is 3.71. The Morgan fingerprint density at radius 2 is 1.92 bits per heavy atom. The number of rotatable bonds is 5. The van der Waals surface area contributed by atoms with Gasteiger partial charge in [-0.25, -0.2) is 14.8 Å². The summed E-state index contributed by atoms with van der Waals surface area (Å²) in [7, 11) is 0. The lowest BCUT2D eigenvalue weighted by atomic mass is 9.95. The number of amides is 3. The van der Waals surface area contributed by atoms with Gasteiger partial charge in [-0.15, -0.1) is 0 Å². The zero-order chi connectivity index (χ0) is 17.8. The zero-order valence-corrected chi connectivity index (χ0v) is 15.1. The number of anilines is 2. The molecule has 0 atom stereocenters. The minimum atomic E-state index is -0.177. The van der Waals surface area contributed by atoms with Gasteiger partial charge in [-0.3, -0.25) is 14.7 Å². The van der Waals surface area contributed by atoms with Gasteiger partial charge in [-0.05, 0) is 38.8 Å². The molecule has 1 aliphatic carbocycles. The van der Waals surface area contributed by atoms with Crippen LogP contribution in [0.25, 0.3) is 0 Å². The molecule has 2 aliphatic rings. The number of urea groups is 1. The van der Waals surface area contributed by atoms with Gasteiger partial charge < -0.3 is 5.32 Å². The fourth-order valence-electron chi connectivity index (χ4n) is 3.70. The summed E-state index contributed by atoms with van der Waals surface area (Å²) in [6.07, 6.45) is 7.34. The van der Waals surface area contributed by atoms with Crippen LogP contribution in [0, 0.1) is 0 Å². The van der Waals surface area contributed by atoms with E-state index in [0.717, 1.165) is 31.5 Å². The predicted octanol–water partition coefficient (Wildman–Crippen LogP) is 2.53. The summed E-state index contributed by atoms with van der Waals surface area (Å²) in [5.41, 5.74) is 0.692. The van der Waals surface area contributed by atoms with Gasteiger partial charge in [-0.2, -0.15) is 0 Å². The van der Waals surface area contributed by atoms with Crippen molar-refractivity contribution in [2.45, 2.75) is 52.0 Å². The molecule has 3 amide bonds. The second-order valence-corrected chi connectivity index (χ2v) is 6.55. The number of aromatic nitrogens is 1. The van der Waals surface area contributed by atoms with Crippen LogP contribution in [0.4, 0.5) is 16.3 Å². The Morgan fingerprint density at radius 3 is 2.60 bits per heavy atom. The molecular weight excluding hydrogens is 318 g/mol. The van der Waals surface area contributed by atoms with E-state index in [2.05, 4.69) is 10.3 Å². The van der Waals surface area contributed by atoms with Crippen LogP contribution >= 0.6 is 0 Å². The molecule has 1 aromatic heterocycles. The first kappa shape index (κ1) is 17.5. The number of carbonyl (C=O) groups excluding carboxylic acids is 2. The number of hydrazine groups is 1. The van der Waals surface area contributed by atoms with Crippen molar-refractivity contribution in [1.82, 2.24) is 15.3 Å². The van der Waals surface area contributed by atoms with E-state index >= 15 is 0 Å². The molecule has 25 heavy (non-hydrogen) atoms. The van der Waals surface area contributed by atoms with E-state index < -0.39 is 0 Å². The molecule has 0 saturated heterocycles. The second kappa shape index (κ2) is 7.72. The Balaban J connectivity index is 1.79. The summed E-state index contributed by atoms with van der Waals surface area (Å²) < 4.78 is 0. The quantitative estimate of drug-likeness (QED) is 0.890. The van der Waals surface area contributed by atoms with Gasteiger partial charge in [0.2, 0.25) is 5.91 Å². The van der Waals surface area contributed by atoms with E-state index in [4.69, 9.17) is 0 Å². The monoisotopic (exact) mass is 345 g/mol. The topological polar surface area (TPSA) is 68.8 Å². The number of carbonyl (C=O) groups is 2. The summed E-state index contributed by atoms with van der Waals surface area (Å²) in [6.45, 7) is 5.12. The van der Waals surface area contributed by atoms with Crippen molar-refractivity contribution < 1.29 is 9.59 Å². The third-order valence-corrected chi connectivity index (χ3v) is 4.92. The zero-order valence-electron chi connectivity index (χ0n) is 15.1. The van der Waals surface area contributed by atoms with Crippen molar-refractivity contribution in [2.24, 2.45) is 0 Å². The Morgan fingerprint density at radius 1 is 1.20 bits per heavy atom. The highest BCUT2D eigenvalue weighted by Crippen LogP contribution is 2.33. The molecule has 1 N–H and O–H groups in total. The molecule has 3 rings (SSSR count). The number of hydrogen-bond donors (Lipinski definition) is 1. The molecule has 2 heterocycles. The van der Waals surface area contributed by atoms with E-state index in [0.29, 0.717) is 18.8 Å². The van der Waals surface area contributed by atoms with Crippen LogP contribution in [0.2, 0.25) is 0 Å². The van der Waals surface area contributed by atoms with Gasteiger partial charge in [0.15, 0.2) is 5.82 Å². The SMILES string of the molecule is CCN1C(=O)N(CC(=O)NC2CCCCC2)c2cccnc2N1CC. The van der Waals surface area contributed by atoms with Gasteiger partial charge in [0.25, 0.3) is 0 Å². The minimum absolute atomic E-state index is 0.0298. The van der Waals surface area contributed by atoms with E-state index in [1.807, 2.05) is 24.9 Å². The van der Waals surface area contributed by atoms with Gasteiger partial charge in [0, 0.05) is 25.3 Å². The molecule has 1 fully saturated rings. The van der Waals surface area contributed by atoms with Gasteiger partial charge in [0.05, 0.1) is 5.69 Å². The van der Waals surface area contributed by atoms with Gasteiger partial charge in [0.1, 0.15) is 6.54 Å². The van der Waals surface area contributed by atoms with Crippen LogP contribution in [0.5, 0.6) is 0 Å². The largest absolute Gasteiger partial charge is 0.352 e. The second-order valence-electron chi connectivity index (χ2n) is 6.55. The molecule has 1 aromatic rings. The Kier molecular flexibility index (Phi) is 5.40. The van der Waals surface area contributed by atoms with E-state index in [1.165, 1.54) is 11.3 Å². The first-order valence-corrected chi connectivity index (χ1v) is 9.26. The Hall–Kier alpha value is -2.31. The van der Waals surface area contributed by atoms with E-state index in [-0.39, 0.29) is 24.5 Å².